The zero-order valence-corrected chi connectivity index (χ0v) is 25.3. The standard InChI is InChI=1S/C31H38ClN3O4S/c1-6-26-9-7-8-10-29(26)35(40(38,39)28-17-11-23(4)12-18-28)21-30(36)34(20-25-13-15-27(32)16-14-25)24(5)31(37)33-19-22(2)3/h7-18,22,24H,6,19-21H2,1-5H3,(H,33,37)/t24-/m1/s1. The number of hydrogen-bond donors (Lipinski definition) is 1. The van der Waals surface area contributed by atoms with E-state index < -0.39 is 28.5 Å². The van der Waals surface area contributed by atoms with Crippen LogP contribution in [0, 0.1) is 12.8 Å². The molecule has 40 heavy (non-hydrogen) atoms. The zero-order chi connectivity index (χ0) is 29.4. The van der Waals surface area contributed by atoms with Crippen molar-refractivity contribution < 1.29 is 18.0 Å². The third-order valence-electron chi connectivity index (χ3n) is 6.65. The number of carbonyl (C=O) groups is 2. The highest BCUT2D eigenvalue weighted by molar-refractivity contribution is 7.92. The molecule has 0 aliphatic rings. The highest BCUT2D eigenvalue weighted by Crippen LogP contribution is 2.28. The van der Waals surface area contributed by atoms with Gasteiger partial charge in [0.25, 0.3) is 10.0 Å². The van der Waals surface area contributed by atoms with Crippen LogP contribution in [-0.4, -0.2) is 44.3 Å². The van der Waals surface area contributed by atoms with Gasteiger partial charge < -0.3 is 10.2 Å². The summed E-state index contributed by atoms with van der Waals surface area (Å²) in [5, 5.41) is 3.44. The lowest BCUT2D eigenvalue weighted by Gasteiger charge is -2.32. The van der Waals surface area contributed by atoms with Gasteiger partial charge in [-0.25, -0.2) is 8.42 Å². The minimum Gasteiger partial charge on any atom is -0.354 e. The Balaban J connectivity index is 2.04. The molecule has 0 spiro atoms. The first-order valence-electron chi connectivity index (χ1n) is 13.4. The molecule has 9 heteroatoms. The maximum absolute atomic E-state index is 14.0. The highest BCUT2D eigenvalue weighted by atomic mass is 35.5. The van der Waals surface area contributed by atoms with Gasteiger partial charge in [-0.05, 0) is 67.6 Å². The summed E-state index contributed by atoms with van der Waals surface area (Å²) in [5.74, 6) is -0.570. The number of amides is 2. The van der Waals surface area contributed by atoms with E-state index in [2.05, 4.69) is 5.32 Å². The van der Waals surface area contributed by atoms with Crippen molar-refractivity contribution in [3.8, 4) is 0 Å². The van der Waals surface area contributed by atoms with Gasteiger partial charge in [-0.15, -0.1) is 0 Å². The molecule has 0 aliphatic heterocycles. The molecule has 7 nitrogen and oxygen atoms in total. The second-order valence-corrected chi connectivity index (χ2v) is 12.6. The molecule has 0 fully saturated rings. The minimum absolute atomic E-state index is 0.0868. The number of para-hydroxylation sites is 1. The van der Waals surface area contributed by atoms with Crippen LogP contribution in [-0.2, 0) is 32.6 Å². The van der Waals surface area contributed by atoms with E-state index in [4.69, 9.17) is 11.6 Å². The number of rotatable bonds is 12. The smallest absolute Gasteiger partial charge is 0.264 e. The van der Waals surface area contributed by atoms with Crippen molar-refractivity contribution in [2.24, 2.45) is 5.92 Å². The number of carbonyl (C=O) groups excluding carboxylic acids is 2. The molecule has 2 amide bonds. The Kier molecular flexibility index (Phi) is 10.8. The van der Waals surface area contributed by atoms with Crippen molar-refractivity contribution in [3.63, 3.8) is 0 Å². The van der Waals surface area contributed by atoms with Gasteiger partial charge in [-0.3, -0.25) is 13.9 Å². The maximum atomic E-state index is 14.0. The lowest BCUT2D eigenvalue weighted by Crippen LogP contribution is -2.51. The topological polar surface area (TPSA) is 86.8 Å². The molecule has 0 heterocycles. The normalized spacial score (nSPS) is 12.2. The third kappa shape index (κ3) is 7.86. The van der Waals surface area contributed by atoms with Gasteiger partial charge in [0.15, 0.2) is 0 Å². The van der Waals surface area contributed by atoms with Gasteiger partial charge >= 0.3 is 0 Å². The summed E-state index contributed by atoms with van der Waals surface area (Å²) >= 11 is 6.06. The Morgan fingerprint density at radius 3 is 2.15 bits per heavy atom. The van der Waals surface area contributed by atoms with E-state index in [0.717, 1.165) is 21.0 Å². The van der Waals surface area contributed by atoms with Crippen LogP contribution >= 0.6 is 11.6 Å². The molecule has 1 atom stereocenters. The fourth-order valence-electron chi connectivity index (χ4n) is 4.23. The molecule has 0 aromatic heterocycles. The Bertz CT molecular complexity index is 1410. The second kappa shape index (κ2) is 13.8. The first kappa shape index (κ1) is 31.2. The number of nitrogens with one attached hydrogen (secondary N) is 1. The van der Waals surface area contributed by atoms with Crippen LogP contribution in [0.1, 0.15) is 44.4 Å². The Labute approximate surface area is 243 Å². The van der Waals surface area contributed by atoms with Crippen LogP contribution in [0.2, 0.25) is 5.02 Å². The van der Waals surface area contributed by atoms with Crippen molar-refractivity contribution in [2.75, 3.05) is 17.4 Å². The van der Waals surface area contributed by atoms with Gasteiger partial charge in [0, 0.05) is 18.1 Å². The van der Waals surface area contributed by atoms with E-state index >= 15 is 0 Å². The molecular formula is C31H38ClN3O4S. The van der Waals surface area contributed by atoms with Gasteiger partial charge in [-0.2, -0.15) is 0 Å². The number of aryl methyl sites for hydroxylation is 2. The highest BCUT2D eigenvalue weighted by Gasteiger charge is 2.33. The number of sulfonamides is 1. The number of nitrogens with zero attached hydrogens (tertiary/aromatic N) is 2. The van der Waals surface area contributed by atoms with E-state index in [1.165, 1.54) is 4.90 Å². The quantitative estimate of drug-likeness (QED) is 0.301. The van der Waals surface area contributed by atoms with E-state index in [1.807, 2.05) is 39.8 Å². The summed E-state index contributed by atoms with van der Waals surface area (Å²) in [7, 11) is -4.11. The summed E-state index contributed by atoms with van der Waals surface area (Å²) in [4.78, 5) is 28.6. The van der Waals surface area contributed by atoms with E-state index in [-0.39, 0.29) is 23.3 Å². The van der Waals surface area contributed by atoms with Crippen molar-refractivity contribution in [2.45, 2.75) is 58.5 Å². The Morgan fingerprint density at radius 2 is 1.55 bits per heavy atom. The summed E-state index contributed by atoms with van der Waals surface area (Å²) < 4.78 is 29.2. The monoisotopic (exact) mass is 583 g/mol. The van der Waals surface area contributed by atoms with Crippen LogP contribution in [0.25, 0.3) is 0 Å². The molecule has 3 aromatic rings. The van der Waals surface area contributed by atoms with Crippen molar-refractivity contribution in [1.82, 2.24) is 10.2 Å². The van der Waals surface area contributed by atoms with Crippen LogP contribution in [0.15, 0.2) is 77.7 Å². The lowest BCUT2D eigenvalue weighted by atomic mass is 10.1. The van der Waals surface area contributed by atoms with Gasteiger partial charge in [-0.1, -0.05) is 80.4 Å². The van der Waals surface area contributed by atoms with Crippen molar-refractivity contribution >= 4 is 39.1 Å². The molecule has 3 aromatic carbocycles. The number of anilines is 1. The third-order valence-corrected chi connectivity index (χ3v) is 8.67. The summed E-state index contributed by atoms with van der Waals surface area (Å²) in [6.07, 6.45) is 0.576. The van der Waals surface area contributed by atoms with Crippen LogP contribution in [0.5, 0.6) is 0 Å². The predicted molar refractivity (Wildman–Crippen MR) is 161 cm³/mol. The van der Waals surface area contributed by atoms with E-state index in [0.29, 0.717) is 23.7 Å². The van der Waals surface area contributed by atoms with Crippen molar-refractivity contribution in [1.29, 1.82) is 0 Å². The van der Waals surface area contributed by atoms with E-state index in [1.54, 1.807) is 67.6 Å². The molecule has 0 unspecified atom stereocenters. The second-order valence-electron chi connectivity index (χ2n) is 10.3. The van der Waals surface area contributed by atoms with Crippen molar-refractivity contribution in [3.05, 3.63) is 94.5 Å². The number of halogens is 1. The first-order chi connectivity index (χ1) is 18.9. The Hall–Kier alpha value is -3.36. The van der Waals surface area contributed by atoms with Crippen LogP contribution in [0.4, 0.5) is 5.69 Å². The largest absolute Gasteiger partial charge is 0.354 e. The fraction of sp³-hybridized carbons (Fsp3) is 0.355. The van der Waals surface area contributed by atoms with E-state index in [9.17, 15) is 18.0 Å². The fourth-order valence-corrected chi connectivity index (χ4v) is 5.80. The summed E-state index contributed by atoms with van der Waals surface area (Å²) in [6, 6.07) is 19.9. The molecule has 0 radical (unpaired) electrons. The maximum Gasteiger partial charge on any atom is 0.264 e. The summed E-state index contributed by atoms with van der Waals surface area (Å²) in [5.41, 5.74) is 2.91. The molecule has 1 N–H and O–H groups in total. The van der Waals surface area contributed by atoms with Gasteiger partial charge in [0.2, 0.25) is 11.8 Å². The molecular weight excluding hydrogens is 546 g/mol. The van der Waals surface area contributed by atoms with Gasteiger partial charge in [0.05, 0.1) is 10.6 Å². The molecule has 0 saturated carbocycles. The van der Waals surface area contributed by atoms with Crippen LogP contribution < -0.4 is 9.62 Å². The molecule has 0 aliphatic carbocycles. The average Bonchev–Trinajstić information content (AvgIpc) is 2.93. The lowest BCUT2D eigenvalue weighted by molar-refractivity contribution is -0.139. The molecule has 214 valence electrons. The molecule has 0 bridgehead atoms. The number of benzene rings is 3. The van der Waals surface area contributed by atoms with Gasteiger partial charge in [0.1, 0.15) is 12.6 Å². The molecule has 0 saturated heterocycles. The van der Waals surface area contributed by atoms with Crippen LogP contribution in [0.3, 0.4) is 0 Å². The predicted octanol–water partition coefficient (Wildman–Crippen LogP) is 5.60. The minimum atomic E-state index is -4.11. The average molecular weight is 584 g/mol. The summed E-state index contributed by atoms with van der Waals surface area (Å²) in [6.45, 7) is 9.55. The SMILES string of the molecule is CCc1ccccc1N(CC(=O)N(Cc1ccc(Cl)cc1)[C@H](C)C(=O)NCC(C)C)S(=O)(=O)c1ccc(C)cc1. The molecule has 3 rings (SSSR count). The Morgan fingerprint density at radius 1 is 0.925 bits per heavy atom. The zero-order valence-electron chi connectivity index (χ0n) is 23.7. The number of hydrogen-bond acceptors (Lipinski definition) is 4. The first-order valence-corrected chi connectivity index (χ1v) is 15.2.